The molecule has 0 radical (unpaired) electrons. The second kappa shape index (κ2) is 12.2. The molecule has 56 heavy (non-hydrogen) atoms. The second-order valence-corrected chi connectivity index (χ2v) is 15.5. The van der Waals surface area contributed by atoms with Crippen molar-refractivity contribution in [1.29, 1.82) is 0 Å². The average molecular weight is 733 g/mol. The Hall–Kier alpha value is -7.14. The van der Waals surface area contributed by atoms with E-state index in [1.807, 2.05) is 11.3 Å². The van der Waals surface area contributed by atoms with E-state index >= 15 is 0 Å². The highest BCUT2D eigenvalue weighted by atomic mass is 32.1. The predicted octanol–water partition coefficient (Wildman–Crippen LogP) is 15.3. The topological polar surface area (TPSA) is 21.3 Å². The lowest BCUT2D eigenvalue weighted by Crippen LogP contribution is -2.13. The van der Waals surface area contributed by atoms with Crippen LogP contribution in [0.5, 0.6) is 0 Å². The van der Waals surface area contributed by atoms with Crippen molar-refractivity contribution in [2.75, 3.05) is 4.90 Å². The third-order valence-electron chi connectivity index (χ3n) is 11.4. The van der Waals surface area contributed by atoms with Crippen molar-refractivity contribution in [1.82, 2.24) is 4.57 Å². The SMILES string of the molecule is c1cc(-c2cccc3oc4c5ccccc5ccc4c23)cc(N(c2ccccc2-n2c3ccccc3c3ccccc32)c2cccc3sc4ccccc4c23)c1. The minimum absolute atomic E-state index is 0.891. The Balaban J connectivity index is 1.15. The van der Waals surface area contributed by atoms with E-state index in [1.165, 1.54) is 47.4 Å². The molecule has 3 aromatic heterocycles. The van der Waals surface area contributed by atoms with Crippen molar-refractivity contribution in [2.45, 2.75) is 0 Å². The highest BCUT2D eigenvalue weighted by Gasteiger charge is 2.24. The Bertz CT molecular complexity index is 3460. The van der Waals surface area contributed by atoms with Gasteiger partial charge in [0.2, 0.25) is 0 Å². The molecule has 0 saturated heterocycles. The zero-order chi connectivity index (χ0) is 36.7. The molecule has 0 aliphatic carbocycles. The molecule has 0 saturated carbocycles. The molecule has 0 bridgehead atoms. The third kappa shape index (κ3) is 4.57. The van der Waals surface area contributed by atoms with Crippen LogP contribution < -0.4 is 4.90 Å². The molecule has 262 valence electrons. The fraction of sp³-hybridized carbons (Fsp3) is 0. The minimum atomic E-state index is 0.891. The molecule has 0 atom stereocenters. The second-order valence-electron chi connectivity index (χ2n) is 14.4. The van der Waals surface area contributed by atoms with E-state index < -0.39 is 0 Å². The van der Waals surface area contributed by atoms with Gasteiger partial charge in [-0.2, -0.15) is 0 Å². The lowest BCUT2D eigenvalue weighted by Gasteiger charge is -2.29. The summed E-state index contributed by atoms with van der Waals surface area (Å²) in [6.07, 6.45) is 0. The maximum absolute atomic E-state index is 6.64. The predicted molar refractivity (Wildman–Crippen MR) is 239 cm³/mol. The molecule has 4 heteroatoms. The van der Waals surface area contributed by atoms with Crippen molar-refractivity contribution < 1.29 is 4.42 Å². The molecule has 0 aliphatic heterocycles. The molecule has 3 heterocycles. The maximum Gasteiger partial charge on any atom is 0.143 e. The molecular formula is C52H32N2OS. The van der Waals surface area contributed by atoms with Crippen LogP contribution in [0.15, 0.2) is 199 Å². The fourth-order valence-corrected chi connectivity index (χ4v) is 10.1. The van der Waals surface area contributed by atoms with Gasteiger partial charge in [-0.3, -0.25) is 0 Å². The standard InChI is InChI=1S/C52H32N2OS/c1-2-17-37-33(14-1)30-31-41-50-36(21-12-27-47(50)55-52(37)41)34-15-11-16-35(32-34)53(46-26-13-29-49-51(46)40-20-5-10-28-48(40)56-49)44-24-8-9-25-45(44)54-42-22-6-3-18-38(42)39-19-4-7-23-43(39)54/h1-32H. The van der Waals surface area contributed by atoms with Crippen LogP contribution in [-0.4, -0.2) is 4.57 Å². The first kappa shape index (κ1) is 31.2. The number of fused-ring (bicyclic) bond motifs is 11. The van der Waals surface area contributed by atoms with Gasteiger partial charge in [0.15, 0.2) is 0 Å². The molecule has 0 aliphatic rings. The molecule has 12 rings (SSSR count). The van der Waals surface area contributed by atoms with Gasteiger partial charge in [0, 0.05) is 52.8 Å². The summed E-state index contributed by atoms with van der Waals surface area (Å²) in [6.45, 7) is 0. The molecule has 9 aromatic carbocycles. The first-order valence-electron chi connectivity index (χ1n) is 19.0. The molecule has 0 unspecified atom stereocenters. The molecule has 0 spiro atoms. The number of anilines is 3. The Labute approximate surface area is 326 Å². The first-order chi connectivity index (χ1) is 27.8. The van der Waals surface area contributed by atoms with E-state index in [9.17, 15) is 0 Å². The number of benzene rings is 9. The van der Waals surface area contributed by atoms with Gasteiger partial charge < -0.3 is 13.9 Å². The lowest BCUT2D eigenvalue weighted by molar-refractivity contribution is 0.673. The normalized spacial score (nSPS) is 11.9. The lowest BCUT2D eigenvalue weighted by atomic mass is 9.97. The van der Waals surface area contributed by atoms with Crippen LogP contribution in [0.1, 0.15) is 0 Å². The Kier molecular flexibility index (Phi) is 6.80. The summed E-state index contributed by atoms with van der Waals surface area (Å²) in [7, 11) is 0. The van der Waals surface area contributed by atoms with Crippen LogP contribution in [0, 0.1) is 0 Å². The van der Waals surface area contributed by atoms with Crippen LogP contribution in [-0.2, 0) is 0 Å². The van der Waals surface area contributed by atoms with Gasteiger partial charge in [-0.15, -0.1) is 11.3 Å². The Morgan fingerprint density at radius 2 is 1.11 bits per heavy atom. The van der Waals surface area contributed by atoms with E-state index in [0.717, 1.165) is 61.2 Å². The summed E-state index contributed by atoms with van der Waals surface area (Å²) in [6, 6.07) is 70.3. The number of hydrogen-bond donors (Lipinski definition) is 0. The number of hydrogen-bond acceptors (Lipinski definition) is 3. The van der Waals surface area contributed by atoms with Gasteiger partial charge in [-0.1, -0.05) is 127 Å². The van der Waals surface area contributed by atoms with Gasteiger partial charge in [0.25, 0.3) is 0 Å². The van der Waals surface area contributed by atoms with Crippen LogP contribution in [0.25, 0.3) is 91.5 Å². The van der Waals surface area contributed by atoms with Gasteiger partial charge in [0.05, 0.1) is 28.1 Å². The van der Waals surface area contributed by atoms with Crippen LogP contribution in [0.2, 0.25) is 0 Å². The van der Waals surface area contributed by atoms with Gasteiger partial charge in [-0.05, 0) is 83.2 Å². The fourth-order valence-electron chi connectivity index (χ4n) is 8.98. The highest BCUT2D eigenvalue weighted by Crippen LogP contribution is 2.48. The zero-order valence-electron chi connectivity index (χ0n) is 30.2. The number of rotatable bonds is 5. The summed E-state index contributed by atoms with van der Waals surface area (Å²) < 4.78 is 11.6. The van der Waals surface area contributed by atoms with E-state index in [2.05, 4.69) is 204 Å². The quantitative estimate of drug-likeness (QED) is 0.176. The molecule has 0 N–H and O–H groups in total. The summed E-state index contributed by atoms with van der Waals surface area (Å²) in [5.74, 6) is 0. The Morgan fingerprint density at radius 1 is 0.446 bits per heavy atom. The number of thiophene rings is 1. The minimum Gasteiger partial charge on any atom is -0.455 e. The van der Waals surface area contributed by atoms with Crippen molar-refractivity contribution in [3.05, 3.63) is 194 Å². The number of nitrogens with zero attached hydrogens (tertiary/aromatic N) is 2. The van der Waals surface area contributed by atoms with E-state index in [1.54, 1.807) is 0 Å². The molecule has 0 fully saturated rings. The van der Waals surface area contributed by atoms with Crippen molar-refractivity contribution in [3.63, 3.8) is 0 Å². The number of aromatic nitrogens is 1. The smallest absolute Gasteiger partial charge is 0.143 e. The summed E-state index contributed by atoms with van der Waals surface area (Å²) in [5, 5.41) is 9.57. The monoisotopic (exact) mass is 732 g/mol. The molecule has 12 aromatic rings. The van der Waals surface area contributed by atoms with E-state index in [-0.39, 0.29) is 0 Å². The first-order valence-corrected chi connectivity index (χ1v) is 19.8. The average Bonchev–Trinajstić information content (AvgIpc) is 3.94. The largest absolute Gasteiger partial charge is 0.455 e. The van der Waals surface area contributed by atoms with E-state index in [4.69, 9.17) is 4.42 Å². The number of furan rings is 1. The van der Waals surface area contributed by atoms with Crippen molar-refractivity contribution in [2.24, 2.45) is 0 Å². The molecular weight excluding hydrogens is 701 g/mol. The van der Waals surface area contributed by atoms with Gasteiger partial charge in [0.1, 0.15) is 11.2 Å². The van der Waals surface area contributed by atoms with Crippen LogP contribution >= 0.6 is 11.3 Å². The highest BCUT2D eigenvalue weighted by molar-refractivity contribution is 7.26. The summed E-state index contributed by atoms with van der Waals surface area (Å²) in [5.41, 5.74) is 10.9. The van der Waals surface area contributed by atoms with E-state index in [0.29, 0.717) is 0 Å². The van der Waals surface area contributed by atoms with Crippen molar-refractivity contribution in [3.8, 4) is 16.8 Å². The molecule has 0 amide bonds. The van der Waals surface area contributed by atoms with Crippen molar-refractivity contribution >= 4 is 103 Å². The maximum atomic E-state index is 6.64. The Morgan fingerprint density at radius 3 is 1.96 bits per heavy atom. The van der Waals surface area contributed by atoms with Gasteiger partial charge >= 0.3 is 0 Å². The molecule has 3 nitrogen and oxygen atoms in total. The van der Waals surface area contributed by atoms with Crippen LogP contribution in [0.3, 0.4) is 0 Å². The summed E-state index contributed by atoms with van der Waals surface area (Å²) >= 11 is 1.85. The third-order valence-corrected chi connectivity index (χ3v) is 12.5. The summed E-state index contributed by atoms with van der Waals surface area (Å²) in [4.78, 5) is 2.48. The number of para-hydroxylation sites is 4. The van der Waals surface area contributed by atoms with Crippen LogP contribution in [0.4, 0.5) is 17.1 Å². The zero-order valence-corrected chi connectivity index (χ0v) is 31.0. The van der Waals surface area contributed by atoms with Gasteiger partial charge in [-0.25, -0.2) is 0 Å².